The molecule has 1 fully saturated rings. The standard InChI is InChI=1S/C13H19N5OS/c1-17(2)7-8-4-3-5-18(8)13-10(12(16)19)11(15)9(6-14)20-13/h8H,3-5,7,15H2,1-2H3,(H2,16,19). The predicted octanol–water partition coefficient (Wildman–Crippen LogP) is 0.831. The molecule has 0 aromatic carbocycles. The molecule has 1 aromatic rings. The van der Waals surface area contributed by atoms with E-state index >= 15 is 0 Å². The number of amides is 1. The van der Waals surface area contributed by atoms with Gasteiger partial charge in [0.25, 0.3) is 5.91 Å². The van der Waals surface area contributed by atoms with Crippen molar-refractivity contribution in [3.8, 4) is 6.07 Å². The first-order valence-electron chi connectivity index (χ1n) is 6.49. The molecule has 1 aliphatic heterocycles. The average Bonchev–Trinajstić information content (AvgIpc) is 2.92. The van der Waals surface area contributed by atoms with Gasteiger partial charge in [-0.05, 0) is 26.9 Å². The van der Waals surface area contributed by atoms with E-state index in [1.54, 1.807) is 0 Å². The van der Waals surface area contributed by atoms with E-state index in [9.17, 15) is 4.79 Å². The molecule has 0 spiro atoms. The van der Waals surface area contributed by atoms with Crippen molar-refractivity contribution in [2.24, 2.45) is 5.73 Å². The lowest BCUT2D eigenvalue weighted by molar-refractivity contribution is 0.100. The number of primary amides is 1. The van der Waals surface area contributed by atoms with E-state index in [1.807, 2.05) is 20.2 Å². The number of likely N-dealkylation sites (N-methyl/N-ethyl adjacent to an activating group) is 1. The van der Waals surface area contributed by atoms with E-state index in [4.69, 9.17) is 16.7 Å². The van der Waals surface area contributed by atoms with Crippen LogP contribution in [0.4, 0.5) is 10.7 Å². The Balaban J connectivity index is 2.41. The van der Waals surface area contributed by atoms with Crippen molar-refractivity contribution in [3.05, 3.63) is 10.4 Å². The summed E-state index contributed by atoms with van der Waals surface area (Å²) in [5.74, 6) is -0.564. The molecule has 2 heterocycles. The third kappa shape index (κ3) is 2.57. The largest absolute Gasteiger partial charge is 0.396 e. The van der Waals surface area contributed by atoms with Crippen LogP contribution in [0.3, 0.4) is 0 Å². The number of anilines is 2. The molecule has 2 rings (SSSR count). The molecule has 1 saturated heterocycles. The van der Waals surface area contributed by atoms with Crippen molar-refractivity contribution in [1.82, 2.24) is 4.90 Å². The first-order valence-corrected chi connectivity index (χ1v) is 7.31. The molecule has 1 atom stereocenters. The zero-order valence-electron chi connectivity index (χ0n) is 11.7. The van der Waals surface area contributed by atoms with Gasteiger partial charge in [-0.3, -0.25) is 4.79 Å². The fourth-order valence-corrected chi connectivity index (χ4v) is 3.79. The van der Waals surface area contributed by atoms with Crippen molar-refractivity contribution < 1.29 is 4.79 Å². The van der Waals surface area contributed by atoms with Crippen LogP contribution in [0.2, 0.25) is 0 Å². The zero-order chi connectivity index (χ0) is 14.9. The minimum absolute atomic E-state index is 0.218. The third-order valence-corrected chi connectivity index (χ3v) is 4.64. The van der Waals surface area contributed by atoms with Crippen LogP contribution in [0.5, 0.6) is 0 Å². The first-order chi connectivity index (χ1) is 9.45. The van der Waals surface area contributed by atoms with Gasteiger partial charge in [0.1, 0.15) is 15.9 Å². The van der Waals surface area contributed by atoms with E-state index in [1.165, 1.54) is 11.3 Å². The highest BCUT2D eigenvalue weighted by atomic mass is 32.1. The SMILES string of the molecule is CN(C)CC1CCCN1c1sc(C#N)c(N)c1C(N)=O. The molecule has 108 valence electrons. The highest BCUT2D eigenvalue weighted by molar-refractivity contribution is 7.17. The van der Waals surface area contributed by atoms with Crippen LogP contribution < -0.4 is 16.4 Å². The van der Waals surface area contributed by atoms with Crippen molar-refractivity contribution in [1.29, 1.82) is 5.26 Å². The summed E-state index contributed by atoms with van der Waals surface area (Å²) in [6.07, 6.45) is 2.13. The molecule has 4 N–H and O–H groups in total. The van der Waals surface area contributed by atoms with E-state index in [0.29, 0.717) is 16.5 Å². The van der Waals surface area contributed by atoms with Crippen LogP contribution in [-0.2, 0) is 0 Å². The molecule has 6 nitrogen and oxygen atoms in total. The Morgan fingerprint density at radius 1 is 1.60 bits per heavy atom. The van der Waals surface area contributed by atoms with Gasteiger partial charge in [-0.15, -0.1) is 11.3 Å². The number of hydrogen-bond acceptors (Lipinski definition) is 6. The predicted molar refractivity (Wildman–Crippen MR) is 80.9 cm³/mol. The zero-order valence-corrected chi connectivity index (χ0v) is 12.5. The summed E-state index contributed by atoms with van der Waals surface area (Å²) in [6, 6.07) is 2.37. The number of nitrogen functional groups attached to an aromatic ring is 1. The van der Waals surface area contributed by atoms with E-state index < -0.39 is 5.91 Å². The lowest BCUT2D eigenvalue weighted by Crippen LogP contribution is -2.38. The molecular weight excluding hydrogens is 274 g/mol. The van der Waals surface area contributed by atoms with E-state index in [2.05, 4.69) is 9.80 Å². The molecule has 1 amide bonds. The molecular formula is C13H19N5OS. The number of hydrogen-bond donors (Lipinski definition) is 2. The Hall–Kier alpha value is -1.78. The Kier molecular flexibility index (Phi) is 4.16. The summed E-state index contributed by atoms with van der Waals surface area (Å²) in [5.41, 5.74) is 11.8. The lowest BCUT2D eigenvalue weighted by Gasteiger charge is -2.28. The van der Waals surface area contributed by atoms with Gasteiger partial charge in [-0.25, -0.2) is 0 Å². The Morgan fingerprint density at radius 3 is 2.85 bits per heavy atom. The van der Waals surface area contributed by atoms with E-state index in [0.717, 1.165) is 30.9 Å². The highest BCUT2D eigenvalue weighted by Crippen LogP contribution is 2.40. The van der Waals surface area contributed by atoms with Gasteiger partial charge >= 0.3 is 0 Å². The van der Waals surface area contributed by atoms with Crippen LogP contribution in [0.1, 0.15) is 28.1 Å². The minimum Gasteiger partial charge on any atom is -0.396 e. The topological polar surface area (TPSA) is 99.4 Å². The monoisotopic (exact) mass is 293 g/mol. The first kappa shape index (κ1) is 14.6. The van der Waals surface area contributed by atoms with Gasteiger partial charge in [0.05, 0.1) is 11.3 Å². The third-order valence-electron chi connectivity index (χ3n) is 3.49. The van der Waals surface area contributed by atoms with Crippen LogP contribution in [0.25, 0.3) is 0 Å². The number of thiophene rings is 1. The van der Waals surface area contributed by atoms with Gasteiger partial charge in [-0.2, -0.15) is 5.26 Å². The van der Waals surface area contributed by atoms with Crippen molar-refractivity contribution in [2.45, 2.75) is 18.9 Å². The van der Waals surface area contributed by atoms with Gasteiger partial charge in [0.15, 0.2) is 0 Å². The van der Waals surface area contributed by atoms with Gasteiger partial charge < -0.3 is 21.3 Å². The Bertz CT molecular complexity index is 560. The lowest BCUT2D eigenvalue weighted by atomic mass is 10.2. The summed E-state index contributed by atoms with van der Waals surface area (Å²) in [4.78, 5) is 16.3. The normalized spacial score (nSPS) is 18.5. The summed E-state index contributed by atoms with van der Waals surface area (Å²) >= 11 is 1.26. The van der Waals surface area contributed by atoms with E-state index in [-0.39, 0.29) is 5.69 Å². The van der Waals surface area contributed by atoms with Gasteiger partial charge in [0, 0.05) is 19.1 Å². The molecule has 0 radical (unpaired) electrons. The summed E-state index contributed by atoms with van der Waals surface area (Å²) in [7, 11) is 4.05. The number of carbonyl (C=O) groups is 1. The summed E-state index contributed by atoms with van der Waals surface area (Å²) < 4.78 is 0. The number of carbonyl (C=O) groups excluding carboxylic acids is 1. The average molecular weight is 293 g/mol. The second-order valence-electron chi connectivity index (χ2n) is 5.25. The van der Waals surface area contributed by atoms with Crippen LogP contribution >= 0.6 is 11.3 Å². The fourth-order valence-electron chi connectivity index (χ4n) is 2.67. The number of rotatable bonds is 4. The maximum absolute atomic E-state index is 11.7. The minimum atomic E-state index is -0.564. The Morgan fingerprint density at radius 2 is 2.30 bits per heavy atom. The van der Waals surface area contributed by atoms with Crippen molar-refractivity contribution in [3.63, 3.8) is 0 Å². The fraction of sp³-hybridized carbons (Fsp3) is 0.538. The molecule has 0 saturated carbocycles. The second kappa shape index (κ2) is 5.69. The molecule has 1 aromatic heterocycles. The summed E-state index contributed by atoms with van der Waals surface area (Å²) in [6.45, 7) is 1.77. The maximum atomic E-state index is 11.7. The smallest absolute Gasteiger partial charge is 0.253 e. The number of nitriles is 1. The Labute approximate surface area is 122 Å². The molecule has 0 bridgehead atoms. The maximum Gasteiger partial charge on any atom is 0.253 e. The number of nitrogens with two attached hydrogens (primary N) is 2. The molecule has 0 aliphatic carbocycles. The molecule has 1 aliphatic rings. The van der Waals surface area contributed by atoms with Crippen molar-refractivity contribution in [2.75, 3.05) is 37.8 Å². The number of nitrogens with zero attached hydrogens (tertiary/aromatic N) is 3. The second-order valence-corrected chi connectivity index (χ2v) is 6.25. The van der Waals surface area contributed by atoms with Crippen LogP contribution in [0.15, 0.2) is 0 Å². The van der Waals surface area contributed by atoms with Crippen LogP contribution in [0, 0.1) is 11.3 Å². The summed E-state index contributed by atoms with van der Waals surface area (Å²) in [5, 5.41) is 9.84. The quantitative estimate of drug-likeness (QED) is 0.856. The van der Waals surface area contributed by atoms with Crippen LogP contribution in [-0.4, -0.2) is 44.0 Å². The van der Waals surface area contributed by atoms with Crippen molar-refractivity contribution >= 4 is 27.9 Å². The highest BCUT2D eigenvalue weighted by Gasteiger charge is 2.31. The van der Waals surface area contributed by atoms with Gasteiger partial charge in [0.2, 0.25) is 0 Å². The molecule has 7 heteroatoms. The van der Waals surface area contributed by atoms with Gasteiger partial charge in [-0.1, -0.05) is 0 Å². The molecule has 1 unspecified atom stereocenters. The molecule has 20 heavy (non-hydrogen) atoms.